The third-order valence-electron chi connectivity index (χ3n) is 3.90. The number of amides is 2. The summed E-state index contributed by atoms with van der Waals surface area (Å²) in [4.78, 5) is 25.6. The predicted molar refractivity (Wildman–Crippen MR) is 87.8 cm³/mol. The monoisotopic (exact) mass is 322 g/mol. The molecule has 4 nitrogen and oxygen atoms in total. The van der Waals surface area contributed by atoms with Gasteiger partial charge in [-0.3, -0.25) is 9.59 Å². The lowest BCUT2D eigenvalue weighted by Crippen LogP contribution is -2.42. The van der Waals surface area contributed by atoms with E-state index in [1.54, 1.807) is 0 Å². The van der Waals surface area contributed by atoms with E-state index in [0.29, 0.717) is 11.4 Å². The highest BCUT2D eigenvalue weighted by Gasteiger charge is 2.16. The molecule has 0 spiro atoms. The molecule has 0 aromatic heterocycles. The van der Waals surface area contributed by atoms with Crippen LogP contribution in [0, 0.1) is 0 Å². The predicted octanol–water partition coefficient (Wildman–Crippen LogP) is 2.79. The fourth-order valence-corrected chi connectivity index (χ4v) is 2.88. The lowest BCUT2D eigenvalue weighted by Gasteiger charge is -2.26. The number of likely N-dealkylation sites (tertiary alicyclic amines) is 1. The summed E-state index contributed by atoms with van der Waals surface area (Å²) in [6, 6.07) is 7.67. The largest absolute Gasteiger partial charge is 0.347 e. The molecule has 1 aliphatic heterocycles. The second kappa shape index (κ2) is 8.79. The van der Waals surface area contributed by atoms with Crippen LogP contribution < -0.4 is 5.32 Å². The van der Waals surface area contributed by atoms with Crippen LogP contribution in [0.1, 0.15) is 37.7 Å². The first-order valence-electron chi connectivity index (χ1n) is 7.94. The summed E-state index contributed by atoms with van der Waals surface area (Å²) in [7, 11) is 0. The van der Waals surface area contributed by atoms with Gasteiger partial charge in [-0.2, -0.15) is 0 Å². The molecule has 1 aromatic carbocycles. The summed E-state index contributed by atoms with van der Waals surface area (Å²) >= 11 is 5.92. The highest BCUT2D eigenvalue weighted by molar-refractivity contribution is 6.30. The minimum absolute atomic E-state index is 0.0305. The Morgan fingerprint density at radius 3 is 2.68 bits per heavy atom. The number of aryl methyl sites for hydroxylation is 1. The van der Waals surface area contributed by atoms with Gasteiger partial charge in [-0.05, 0) is 49.8 Å². The number of hydrogen-bond acceptors (Lipinski definition) is 2. The van der Waals surface area contributed by atoms with Crippen molar-refractivity contribution in [1.82, 2.24) is 10.2 Å². The van der Waals surface area contributed by atoms with Crippen molar-refractivity contribution in [3.05, 3.63) is 34.9 Å². The molecule has 0 unspecified atom stereocenters. The maximum atomic E-state index is 11.9. The molecule has 2 rings (SSSR count). The summed E-state index contributed by atoms with van der Waals surface area (Å²) in [5.74, 6) is -0.0321. The molecule has 0 radical (unpaired) electrons. The summed E-state index contributed by atoms with van der Waals surface area (Å²) < 4.78 is 0. The van der Waals surface area contributed by atoms with Gasteiger partial charge in [0.05, 0.1) is 6.54 Å². The van der Waals surface area contributed by atoms with Gasteiger partial charge in [0.25, 0.3) is 0 Å². The molecule has 0 aliphatic carbocycles. The van der Waals surface area contributed by atoms with E-state index in [9.17, 15) is 9.59 Å². The molecule has 120 valence electrons. The van der Waals surface area contributed by atoms with Gasteiger partial charge in [-0.25, -0.2) is 0 Å². The number of halogens is 1. The fraction of sp³-hybridized carbons (Fsp3) is 0.529. The van der Waals surface area contributed by atoms with Crippen LogP contribution in [0.4, 0.5) is 0 Å². The van der Waals surface area contributed by atoms with Crippen LogP contribution in [-0.4, -0.2) is 36.3 Å². The molecule has 1 aliphatic rings. The number of nitrogens with one attached hydrogen (secondary N) is 1. The third-order valence-corrected chi connectivity index (χ3v) is 4.14. The quantitative estimate of drug-likeness (QED) is 0.875. The number of piperidine rings is 1. The number of benzene rings is 1. The topological polar surface area (TPSA) is 49.4 Å². The van der Waals surface area contributed by atoms with Gasteiger partial charge >= 0.3 is 0 Å². The molecule has 1 heterocycles. The molecule has 0 saturated carbocycles. The third kappa shape index (κ3) is 5.68. The van der Waals surface area contributed by atoms with Crippen molar-refractivity contribution in [2.75, 3.05) is 19.6 Å². The Balaban J connectivity index is 1.62. The molecule has 0 atom stereocenters. The second-order valence-corrected chi connectivity index (χ2v) is 6.14. The second-order valence-electron chi connectivity index (χ2n) is 5.70. The molecular weight excluding hydrogens is 300 g/mol. The van der Waals surface area contributed by atoms with Gasteiger partial charge in [0.2, 0.25) is 11.8 Å². The molecule has 0 bridgehead atoms. The van der Waals surface area contributed by atoms with E-state index in [2.05, 4.69) is 5.32 Å². The lowest BCUT2D eigenvalue weighted by molar-refractivity contribution is -0.133. The number of rotatable bonds is 6. The Kier molecular flexibility index (Phi) is 6.72. The highest BCUT2D eigenvalue weighted by atomic mass is 35.5. The van der Waals surface area contributed by atoms with Gasteiger partial charge in [-0.1, -0.05) is 23.7 Å². The summed E-state index contributed by atoms with van der Waals surface area (Å²) in [6.07, 6.45) is 5.33. The summed E-state index contributed by atoms with van der Waals surface area (Å²) in [5.41, 5.74) is 1.13. The average molecular weight is 323 g/mol. The van der Waals surface area contributed by atoms with Crippen molar-refractivity contribution in [2.24, 2.45) is 0 Å². The van der Waals surface area contributed by atoms with Crippen LogP contribution in [0.5, 0.6) is 0 Å². The smallest absolute Gasteiger partial charge is 0.241 e. The van der Waals surface area contributed by atoms with Crippen LogP contribution in [0.25, 0.3) is 0 Å². The molecule has 5 heteroatoms. The Morgan fingerprint density at radius 1 is 1.18 bits per heavy atom. The van der Waals surface area contributed by atoms with Crippen molar-refractivity contribution >= 4 is 23.4 Å². The van der Waals surface area contributed by atoms with Crippen LogP contribution in [0.15, 0.2) is 24.3 Å². The van der Waals surface area contributed by atoms with Gasteiger partial charge in [-0.15, -0.1) is 0 Å². The summed E-state index contributed by atoms with van der Waals surface area (Å²) in [5, 5.41) is 3.44. The van der Waals surface area contributed by atoms with Crippen molar-refractivity contribution in [3.63, 3.8) is 0 Å². The number of carbonyl (C=O) groups excluding carboxylic acids is 2. The zero-order chi connectivity index (χ0) is 15.8. The van der Waals surface area contributed by atoms with Crippen molar-refractivity contribution < 1.29 is 9.59 Å². The SMILES string of the molecule is O=C(CCCc1cccc(Cl)c1)NCC(=O)N1CCCCC1. The van der Waals surface area contributed by atoms with E-state index >= 15 is 0 Å². The molecule has 1 aromatic rings. The van der Waals surface area contributed by atoms with E-state index in [1.807, 2.05) is 29.2 Å². The first kappa shape index (κ1) is 16.8. The van der Waals surface area contributed by atoms with E-state index in [1.165, 1.54) is 6.42 Å². The standard InChI is InChI=1S/C17H23ClN2O2/c18-15-8-4-6-14(12-15)7-5-9-16(21)19-13-17(22)20-10-2-1-3-11-20/h4,6,8,12H,1-3,5,7,9-11,13H2,(H,19,21). The normalized spacial score (nSPS) is 14.7. The first-order chi connectivity index (χ1) is 10.6. The fourth-order valence-electron chi connectivity index (χ4n) is 2.66. The zero-order valence-corrected chi connectivity index (χ0v) is 13.6. The van der Waals surface area contributed by atoms with Crippen molar-refractivity contribution in [1.29, 1.82) is 0 Å². The molecular formula is C17H23ClN2O2. The van der Waals surface area contributed by atoms with Crippen LogP contribution in [0.3, 0.4) is 0 Å². The number of carbonyl (C=O) groups is 2. The average Bonchev–Trinajstić information content (AvgIpc) is 2.53. The van der Waals surface area contributed by atoms with E-state index in [-0.39, 0.29) is 18.4 Å². The molecule has 1 saturated heterocycles. The Bertz CT molecular complexity index is 513. The minimum Gasteiger partial charge on any atom is -0.347 e. The van der Waals surface area contributed by atoms with Crippen LogP contribution in [0.2, 0.25) is 5.02 Å². The Labute approximate surface area is 136 Å². The van der Waals surface area contributed by atoms with Crippen LogP contribution in [-0.2, 0) is 16.0 Å². The highest BCUT2D eigenvalue weighted by Crippen LogP contribution is 2.13. The minimum atomic E-state index is -0.0626. The first-order valence-corrected chi connectivity index (χ1v) is 8.32. The van der Waals surface area contributed by atoms with Gasteiger partial charge < -0.3 is 10.2 Å². The van der Waals surface area contributed by atoms with E-state index in [4.69, 9.17) is 11.6 Å². The van der Waals surface area contributed by atoms with Gasteiger partial charge in [0, 0.05) is 24.5 Å². The zero-order valence-electron chi connectivity index (χ0n) is 12.8. The molecule has 2 amide bonds. The van der Waals surface area contributed by atoms with E-state index < -0.39 is 0 Å². The van der Waals surface area contributed by atoms with Crippen molar-refractivity contribution in [3.8, 4) is 0 Å². The number of hydrogen-bond donors (Lipinski definition) is 1. The lowest BCUT2D eigenvalue weighted by atomic mass is 10.1. The number of nitrogens with zero attached hydrogens (tertiary/aromatic N) is 1. The van der Waals surface area contributed by atoms with Crippen molar-refractivity contribution in [2.45, 2.75) is 38.5 Å². The maximum absolute atomic E-state index is 11.9. The van der Waals surface area contributed by atoms with Gasteiger partial charge in [0.15, 0.2) is 0 Å². The maximum Gasteiger partial charge on any atom is 0.241 e. The van der Waals surface area contributed by atoms with Gasteiger partial charge in [0.1, 0.15) is 0 Å². The summed E-state index contributed by atoms with van der Waals surface area (Å²) in [6.45, 7) is 1.77. The Hall–Kier alpha value is -1.55. The Morgan fingerprint density at radius 2 is 1.95 bits per heavy atom. The molecule has 1 N–H and O–H groups in total. The van der Waals surface area contributed by atoms with E-state index in [0.717, 1.165) is 44.3 Å². The molecule has 1 fully saturated rings. The van der Waals surface area contributed by atoms with Crippen LogP contribution >= 0.6 is 11.6 Å². The molecule has 22 heavy (non-hydrogen) atoms.